The number of aromatic hydroxyl groups is 2. The molecule has 0 bridgehead atoms. The topological polar surface area (TPSA) is 77.8 Å². The van der Waals surface area contributed by atoms with Crippen molar-refractivity contribution in [2.45, 2.75) is 0 Å². The maximum absolute atomic E-state index is 13.0. The predicted molar refractivity (Wildman–Crippen MR) is 44.4 cm³/mol. The molecule has 0 spiro atoms. The molecule has 1 aromatic rings. The Morgan fingerprint density at radius 3 is 2.46 bits per heavy atom. The van der Waals surface area contributed by atoms with Gasteiger partial charge in [-0.05, 0) is 22.0 Å². The number of halogens is 2. The molecule has 0 amide bonds. The van der Waals surface area contributed by atoms with E-state index in [2.05, 4.69) is 15.9 Å². The largest absolute Gasteiger partial charge is 0.504 e. The van der Waals surface area contributed by atoms with Crippen LogP contribution in [0.2, 0.25) is 0 Å². The molecule has 1 aromatic carbocycles. The Bertz CT molecular complexity index is 377. The highest BCUT2D eigenvalue weighted by molar-refractivity contribution is 9.10. The molecule has 13 heavy (non-hydrogen) atoms. The van der Waals surface area contributed by atoms with Crippen LogP contribution < -0.4 is 0 Å². The summed E-state index contributed by atoms with van der Waals surface area (Å²) in [4.78, 5) is 10.4. The van der Waals surface area contributed by atoms with Gasteiger partial charge in [0.2, 0.25) is 0 Å². The van der Waals surface area contributed by atoms with Crippen molar-refractivity contribution in [1.29, 1.82) is 0 Å². The lowest BCUT2D eigenvalue weighted by atomic mass is 10.2. The highest BCUT2D eigenvalue weighted by Gasteiger charge is 2.21. The first-order chi connectivity index (χ1) is 5.95. The van der Waals surface area contributed by atoms with E-state index in [4.69, 9.17) is 15.3 Å². The third-order valence-electron chi connectivity index (χ3n) is 1.39. The fourth-order valence-electron chi connectivity index (χ4n) is 0.792. The van der Waals surface area contributed by atoms with E-state index in [1.165, 1.54) is 0 Å². The first kappa shape index (κ1) is 9.79. The summed E-state index contributed by atoms with van der Waals surface area (Å²) in [5, 5.41) is 26.2. The Balaban J connectivity index is 3.53. The van der Waals surface area contributed by atoms with Gasteiger partial charge in [0.15, 0.2) is 17.3 Å². The number of carboxylic acids is 1. The van der Waals surface area contributed by atoms with Crippen molar-refractivity contribution < 1.29 is 24.5 Å². The average molecular weight is 251 g/mol. The van der Waals surface area contributed by atoms with Crippen LogP contribution in [0.3, 0.4) is 0 Å². The number of rotatable bonds is 1. The Kier molecular flexibility index (Phi) is 2.42. The summed E-state index contributed by atoms with van der Waals surface area (Å²) >= 11 is 2.74. The zero-order valence-corrected chi connectivity index (χ0v) is 7.67. The maximum atomic E-state index is 13.0. The van der Waals surface area contributed by atoms with Crippen LogP contribution in [-0.2, 0) is 0 Å². The van der Waals surface area contributed by atoms with Gasteiger partial charge in [0.1, 0.15) is 5.56 Å². The molecule has 0 fully saturated rings. The van der Waals surface area contributed by atoms with E-state index in [1.807, 2.05) is 0 Å². The van der Waals surface area contributed by atoms with Gasteiger partial charge >= 0.3 is 5.97 Å². The third-order valence-corrected chi connectivity index (χ3v) is 2.01. The van der Waals surface area contributed by atoms with Crippen LogP contribution in [0.15, 0.2) is 10.5 Å². The van der Waals surface area contributed by atoms with Gasteiger partial charge in [-0.15, -0.1) is 0 Å². The van der Waals surface area contributed by atoms with E-state index in [9.17, 15) is 9.18 Å². The molecule has 0 aliphatic carbocycles. The van der Waals surface area contributed by atoms with E-state index in [-0.39, 0.29) is 4.47 Å². The number of phenolic OH excluding ortho intramolecular Hbond substituents is 2. The van der Waals surface area contributed by atoms with Crippen LogP contribution in [0.1, 0.15) is 10.4 Å². The number of carboxylic acid groups (broad SMARTS) is 1. The van der Waals surface area contributed by atoms with Crippen molar-refractivity contribution in [1.82, 2.24) is 0 Å². The molecule has 0 heterocycles. The van der Waals surface area contributed by atoms with Gasteiger partial charge in [-0.3, -0.25) is 0 Å². The van der Waals surface area contributed by atoms with Crippen molar-refractivity contribution in [2.75, 3.05) is 0 Å². The Morgan fingerprint density at radius 1 is 1.46 bits per heavy atom. The van der Waals surface area contributed by atoms with E-state index >= 15 is 0 Å². The molecule has 0 aliphatic rings. The second kappa shape index (κ2) is 3.21. The third kappa shape index (κ3) is 1.57. The number of hydrogen-bond donors (Lipinski definition) is 3. The van der Waals surface area contributed by atoms with E-state index in [0.29, 0.717) is 0 Å². The summed E-state index contributed by atoms with van der Waals surface area (Å²) in [6.45, 7) is 0. The minimum Gasteiger partial charge on any atom is -0.504 e. The molecule has 0 radical (unpaired) electrons. The van der Waals surface area contributed by atoms with Gasteiger partial charge < -0.3 is 15.3 Å². The minimum atomic E-state index is -1.53. The zero-order valence-electron chi connectivity index (χ0n) is 6.08. The summed E-state index contributed by atoms with van der Waals surface area (Å²) in [7, 11) is 0. The van der Waals surface area contributed by atoms with Gasteiger partial charge in [-0.25, -0.2) is 9.18 Å². The smallest absolute Gasteiger partial charge is 0.340 e. The lowest BCUT2D eigenvalue weighted by molar-refractivity contribution is 0.0689. The van der Waals surface area contributed by atoms with Gasteiger partial charge in [0.25, 0.3) is 0 Å². The Hall–Kier alpha value is -1.30. The first-order valence-corrected chi connectivity index (χ1v) is 3.87. The monoisotopic (exact) mass is 250 g/mol. The molecule has 3 N–H and O–H groups in total. The lowest BCUT2D eigenvalue weighted by Crippen LogP contribution is -2.02. The molecule has 0 saturated heterocycles. The molecule has 1 rings (SSSR count). The van der Waals surface area contributed by atoms with Crippen molar-refractivity contribution in [3.8, 4) is 11.5 Å². The highest BCUT2D eigenvalue weighted by atomic mass is 79.9. The molecular formula is C7H4BrFO4. The fourth-order valence-corrected chi connectivity index (χ4v) is 1.35. The number of hydrogen-bond acceptors (Lipinski definition) is 3. The normalized spacial score (nSPS) is 10.0. The summed E-state index contributed by atoms with van der Waals surface area (Å²) in [6.07, 6.45) is 0. The minimum absolute atomic E-state index is 0.132. The summed E-state index contributed by atoms with van der Waals surface area (Å²) < 4.78 is 12.8. The zero-order chi connectivity index (χ0) is 10.2. The fraction of sp³-hybridized carbons (Fsp3) is 0. The van der Waals surface area contributed by atoms with Gasteiger partial charge in [0, 0.05) is 4.47 Å². The van der Waals surface area contributed by atoms with Crippen molar-refractivity contribution >= 4 is 21.9 Å². The Morgan fingerprint density at radius 2 is 2.00 bits per heavy atom. The summed E-state index contributed by atoms with van der Waals surface area (Å²) in [6, 6.07) is 0.905. The van der Waals surface area contributed by atoms with Crippen LogP contribution in [0.5, 0.6) is 11.5 Å². The molecule has 0 unspecified atom stereocenters. The van der Waals surface area contributed by atoms with Crippen LogP contribution in [0.4, 0.5) is 4.39 Å². The number of aromatic carboxylic acids is 1. The second-order valence-corrected chi connectivity index (χ2v) is 3.07. The number of benzene rings is 1. The molecule has 6 heteroatoms. The Labute approximate surface area is 80.4 Å². The average Bonchev–Trinajstić information content (AvgIpc) is 1.99. The van der Waals surface area contributed by atoms with Crippen LogP contribution >= 0.6 is 15.9 Å². The molecule has 0 aliphatic heterocycles. The molecular weight excluding hydrogens is 247 g/mol. The number of carbonyl (C=O) groups is 1. The molecule has 70 valence electrons. The van der Waals surface area contributed by atoms with E-state index in [1.54, 1.807) is 0 Å². The van der Waals surface area contributed by atoms with Crippen LogP contribution in [-0.4, -0.2) is 21.3 Å². The SMILES string of the molecule is O=C(O)c1c(Br)cc(O)c(O)c1F. The summed E-state index contributed by atoms with van der Waals surface area (Å²) in [5.41, 5.74) is -0.713. The predicted octanol–water partition coefficient (Wildman–Crippen LogP) is 1.70. The maximum Gasteiger partial charge on any atom is 0.340 e. The van der Waals surface area contributed by atoms with Gasteiger partial charge in [-0.2, -0.15) is 0 Å². The molecule has 4 nitrogen and oxygen atoms in total. The standard InChI is InChI=1S/C7H4BrFO4/c8-2-1-3(10)6(11)5(9)4(2)7(12)13/h1,10-11H,(H,12,13). The van der Waals surface area contributed by atoms with Crippen LogP contribution in [0, 0.1) is 5.82 Å². The number of phenols is 2. The summed E-state index contributed by atoms with van der Waals surface area (Å²) in [5.74, 6) is -4.67. The highest BCUT2D eigenvalue weighted by Crippen LogP contribution is 2.35. The van der Waals surface area contributed by atoms with Gasteiger partial charge in [0.05, 0.1) is 0 Å². The van der Waals surface area contributed by atoms with E-state index in [0.717, 1.165) is 6.07 Å². The van der Waals surface area contributed by atoms with Crippen molar-refractivity contribution in [3.05, 3.63) is 21.9 Å². The second-order valence-electron chi connectivity index (χ2n) is 2.22. The molecule has 0 saturated carbocycles. The van der Waals surface area contributed by atoms with Gasteiger partial charge in [-0.1, -0.05) is 0 Å². The van der Waals surface area contributed by atoms with E-state index < -0.39 is 28.8 Å². The van der Waals surface area contributed by atoms with Crippen molar-refractivity contribution in [3.63, 3.8) is 0 Å². The molecule has 0 atom stereocenters. The lowest BCUT2D eigenvalue weighted by Gasteiger charge is -2.04. The van der Waals surface area contributed by atoms with Crippen LogP contribution in [0.25, 0.3) is 0 Å². The first-order valence-electron chi connectivity index (χ1n) is 3.08. The molecule has 0 aromatic heterocycles. The van der Waals surface area contributed by atoms with Crippen molar-refractivity contribution in [2.24, 2.45) is 0 Å². The quantitative estimate of drug-likeness (QED) is 0.664.